The molecule has 0 aliphatic carbocycles. The van der Waals surface area contributed by atoms with Crippen LogP contribution in [0.1, 0.15) is 31.4 Å². The molecule has 0 radical (unpaired) electrons. The first kappa shape index (κ1) is 13.0. The maximum atomic E-state index is 5.67. The highest BCUT2D eigenvalue weighted by molar-refractivity contribution is 5.50. The van der Waals surface area contributed by atoms with Gasteiger partial charge in [0, 0.05) is 25.8 Å². The normalized spacial score (nSPS) is 12.6. The fraction of sp³-hybridized carbons (Fsp3) is 0.571. The molecule has 2 heteroatoms. The van der Waals surface area contributed by atoms with E-state index < -0.39 is 0 Å². The van der Waals surface area contributed by atoms with Gasteiger partial charge in [-0.05, 0) is 36.1 Å². The second-order valence-corrected chi connectivity index (χ2v) is 4.71. The molecule has 1 unspecified atom stereocenters. The molecule has 0 spiro atoms. The van der Waals surface area contributed by atoms with Gasteiger partial charge in [0.2, 0.25) is 0 Å². The Morgan fingerprint density at radius 1 is 1.38 bits per heavy atom. The molecule has 0 aliphatic heterocycles. The van der Waals surface area contributed by atoms with E-state index in [1.54, 1.807) is 0 Å². The van der Waals surface area contributed by atoms with Crippen molar-refractivity contribution >= 4 is 5.69 Å². The summed E-state index contributed by atoms with van der Waals surface area (Å²) >= 11 is 0. The van der Waals surface area contributed by atoms with Crippen molar-refractivity contribution in [2.24, 2.45) is 11.7 Å². The van der Waals surface area contributed by atoms with Crippen molar-refractivity contribution in [3.63, 3.8) is 0 Å². The van der Waals surface area contributed by atoms with Crippen LogP contribution in [0.2, 0.25) is 0 Å². The number of anilines is 1. The molecule has 0 heterocycles. The summed E-state index contributed by atoms with van der Waals surface area (Å²) in [5, 5.41) is 0. The summed E-state index contributed by atoms with van der Waals surface area (Å²) in [7, 11) is 2.16. The van der Waals surface area contributed by atoms with E-state index in [9.17, 15) is 0 Å². The lowest BCUT2D eigenvalue weighted by Crippen LogP contribution is -2.23. The molecule has 0 amide bonds. The fourth-order valence-electron chi connectivity index (χ4n) is 1.85. The maximum absolute atomic E-state index is 5.67. The smallest absolute Gasteiger partial charge is 0.0366 e. The lowest BCUT2D eigenvalue weighted by atomic mass is 10.1. The van der Waals surface area contributed by atoms with E-state index >= 15 is 0 Å². The molecule has 16 heavy (non-hydrogen) atoms. The maximum Gasteiger partial charge on any atom is 0.0366 e. The van der Waals surface area contributed by atoms with Crippen molar-refractivity contribution in [1.29, 1.82) is 0 Å². The van der Waals surface area contributed by atoms with Crippen LogP contribution in [0.15, 0.2) is 18.2 Å². The van der Waals surface area contributed by atoms with Crippen LogP contribution in [-0.2, 0) is 6.54 Å². The molecule has 2 nitrogen and oxygen atoms in total. The van der Waals surface area contributed by atoms with Crippen molar-refractivity contribution in [1.82, 2.24) is 0 Å². The monoisotopic (exact) mass is 220 g/mol. The molecule has 0 bridgehead atoms. The van der Waals surface area contributed by atoms with Gasteiger partial charge in [-0.1, -0.05) is 26.3 Å². The Morgan fingerprint density at radius 3 is 2.56 bits per heavy atom. The molecule has 1 rings (SSSR count). The van der Waals surface area contributed by atoms with E-state index in [1.807, 2.05) is 0 Å². The number of nitrogens with zero attached hydrogens (tertiary/aromatic N) is 1. The predicted molar refractivity (Wildman–Crippen MR) is 71.8 cm³/mol. The van der Waals surface area contributed by atoms with Gasteiger partial charge in [-0.2, -0.15) is 0 Å². The molecule has 1 atom stereocenters. The van der Waals surface area contributed by atoms with Crippen molar-refractivity contribution in [2.45, 2.75) is 33.7 Å². The number of benzene rings is 1. The molecule has 0 saturated carbocycles. The van der Waals surface area contributed by atoms with Gasteiger partial charge in [-0.3, -0.25) is 0 Å². The summed E-state index contributed by atoms with van der Waals surface area (Å²) in [5.41, 5.74) is 9.48. The second-order valence-electron chi connectivity index (χ2n) is 4.71. The predicted octanol–water partition coefficient (Wildman–Crippen LogP) is 2.94. The fourth-order valence-corrected chi connectivity index (χ4v) is 1.85. The van der Waals surface area contributed by atoms with Gasteiger partial charge in [0.1, 0.15) is 0 Å². The Morgan fingerprint density at radius 2 is 2.06 bits per heavy atom. The van der Waals surface area contributed by atoms with Gasteiger partial charge < -0.3 is 10.6 Å². The van der Waals surface area contributed by atoms with E-state index in [-0.39, 0.29) is 0 Å². The Labute approximate surface area is 99.5 Å². The van der Waals surface area contributed by atoms with Crippen LogP contribution in [0.25, 0.3) is 0 Å². The topological polar surface area (TPSA) is 29.3 Å². The minimum Gasteiger partial charge on any atom is -0.374 e. The van der Waals surface area contributed by atoms with Gasteiger partial charge >= 0.3 is 0 Å². The van der Waals surface area contributed by atoms with E-state index in [2.05, 4.69) is 50.9 Å². The molecular formula is C14H24N2. The van der Waals surface area contributed by atoms with Crippen LogP contribution in [0.3, 0.4) is 0 Å². The zero-order valence-electron chi connectivity index (χ0n) is 11.0. The SMILES string of the molecule is CCC(C)CN(C)c1ccc(CN)c(C)c1. The summed E-state index contributed by atoms with van der Waals surface area (Å²) in [5.74, 6) is 0.736. The highest BCUT2D eigenvalue weighted by Crippen LogP contribution is 2.19. The molecule has 0 saturated heterocycles. The van der Waals surface area contributed by atoms with Crippen molar-refractivity contribution in [2.75, 3.05) is 18.5 Å². The molecule has 2 N–H and O–H groups in total. The second kappa shape index (κ2) is 5.90. The van der Waals surface area contributed by atoms with Gasteiger partial charge in [0.15, 0.2) is 0 Å². The average molecular weight is 220 g/mol. The van der Waals surface area contributed by atoms with Gasteiger partial charge in [-0.15, -0.1) is 0 Å². The van der Waals surface area contributed by atoms with E-state index in [4.69, 9.17) is 5.73 Å². The zero-order chi connectivity index (χ0) is 12.1. The van der Waals surface area contributed by atoms with Gasteiger partial charge in [-0.25, -0.2) is 0 Å². The highest BCUT2D eigenvalue weighted by Gasteiger charge is 2.06. The number of hydrogen-bond donors (Lipinski definition) is 1. The lowest BCUT2D eigenvalue weighted by molar-refractivity contribution is 0.560. The molecule has 1 aromatic rings. The molecule has 0 fully saturated rings. The summed E-state index contributed by atoms with van der Waals surface area (Å²) in [6.45, 7) is 8.39. The third-order valence-corrected chi connectivity index (χ3v) is 3.27. The Bertz CT molecular complexity index is 334. The van der Waals surface area contributed by atoms with Crippen LogP contribution in [0.4, 0.5) is 5.69 Å². The van der Waals surface area contributed by atoms with Gasteiger partial charge in [0.05, 0.1) is 0 Å². The average Bonchev–Trinajstić information content (AvgIpc) is 2.28. The van der Waals surface area contributed by atoms with E-state index in [1.165, 1.54) is 23.2 Å². The summed E-state index contributed by atoms with van der Waals surface area (Å²) in [6, 6.07) is 6.53. The van der Waals surface area contributed by atoms with Crippen LogP contribution in [0.5, 0.6) is 0 Å². The molecule has 0 aliphatic rings. The summed E-state index contributed by atoms with van der Waals surface area (Å²) in [4.78, 5) is 2.32. The van der Waals surface area contributed by atoms with Gasteiger partial charge in [0.25, 0.3) is 0 Å². The van der Waals surface area contributed by atoms with Crippen molar-refractivity contribution < 1.29 is 0 Å². The number of nitrogens with two attached hydrogens (primary N) is 1. The largest absolute Gasteiger partial charge is 0.374 e. The quantitative estimate of drug-likeness (QED) is 0.826. The van der Waals surface area contributed by atoms with Crippen molar-refractivity contribution in [3.05, 3.63) is 29.3 Å². The van der Waals surface area contributed by atoms with Crippen LogP contribution < -0.4 is 10.6 Å². The highest BCUT2D eigenvalue weighted by atomic mass is 15.1. The minimum absolute atomic E-state index is 0.626. The Kier molecular flexibility index (Phi) is 4.81. The first-order chi connectivity index (χ1) is 7.58. The van der Waals surface area contributed by atoms with Crippen LogP contribution in [-0.4, -0.2) is 13.6 Å². The number of aryl methyl sites for hydroxylation is 1. The Balaban J connectivity index is 2.76. The molecule has 90 valence electrons. The molecule has 1 aromatic carbocycles. The summed E-state index contributed by atoms with van der Waals surface area (Å²) < 4.78 is 0. The van der Waals surface area contributed by atoms with E-state index in [0.29, 0.717) is 6.54 Å². The van der Waals surface area contributed by atoms with Crippen LogP contribution >= 0.6 is 0 Å². The van der Waals surface area contributed by atoms with Crippen molar-refractivity contribution in [3.8, 4) is 0 Å². The van der Waals surface area contributed by atoms with E-state index in [0.717, 1.165) is 12.5 Å². The first-order valence-electron chi connectivity index (χ1n) is 6.09. The van der Waals surface area contributed by atoms with Crippen LogP contribution in [0, 0.1) is 12.8 Å². The summed E-state index contributed by atoms with van der Waals surface area (Å²) in [6.07, 6.45) is 1.23. The molecule has 0 aromatic heterocycles. The first-order valence-corrected chi connectivity index (χ1v) is 6.09. The number of hydrogen-bond acceptors (Lipinski definition) is 2. The minimum atomic E-state index is 0.626. The Hall–Kier alpha value is -1.02. The lowest BCUT2D eigenvalue weighted by Gasteiger charge is -2.23. The zero-order valence-corrected chi connectivity index (χ0v) is 11.0. The molecular weight excluding hydrogens is 196 g/mol. The number of rotatable bonds is 5. The third kappa shape index (κ3) is 3.24. The third-order valence-electron chi connectivity index (χ3n) is 3.27. The standard InChI is InChI=1S/C14H24N2/c1-5-11(2)10-16(4)14-7-6-13(9-15)12(3)8-14/h6-8,11H,5,9-10,15H2,1-4H3.